The van der Waals surface area contributed by atoms with Crippen molar-refractivity contribution in [1.82, 2.24) is 15.1 Å². The number of aromatic nitrogens is 2. The summed E-state index contributed by atoms with van der Waals surface area (Å²) in [5, 5.41) is 7.56. The Kier molecular flexibility index (Phi) is 5.89. The van der Waals surface area contributed by atoms with Crippen LogP contribution in [0.15, 0.2) is 54.7 Å². The van der Waals surface area contributed by atoms with Gasteiger partial charge in [-0.25, -0.2) is 4.79 Å². The molecule has 0 radical (unpaired) electrons. The molecule has 6 heteroatoms. The molecular formula is C25H27N3O3. The molecule has 0 aliphatic heterocycles. The van der Waals surface area contributed by atoms with Crippen molar-refractivity contribution in [2.75, 3.05) is 0 Å². The topological polar surface area (TPSA) is 73.2 Å². The Morgan fingerprint density at radius 1 is 1.13 bits per heavy atom. The van der Waals surface area contributed by atoms with Crippen molar-refractivity contribution < 1.29 is 14.3 Å². The maximum absolute atomic E-state index is 13.0. The molecule has 0 unspecified atom stereocenters. The van der Waals surface area contributed by atoms with Gasteiger partial charge in [0.1, 0.15) is 11.3 Å². The zero-order chi connectivity index (χ0) is 22.0. The van der Waals surface area contributed by atoms with Crippen molar-refractivity contribution in [2.45, 2.75) is 52.3 Å². The van der Waals surface area contributed by atoms with Gasteiger partial charge < -0.3 is 10.1 Å². The molecule has 4 rings (SSSR count). The van der Waals surface area contributed by atoms with E-state index in [1.54, 1.807) is 17.8 Å². The summed E-state index contributed by atoms with van der Waals surface area (Å²) in [6.45, 7) is 6.20. The first kappa shape index (κ1) is 20.8. The summed E-state index contributed by atoms with van der Waals surface area (Å²) in [5.74, 6) is -0.814. The molecule has 3 aromatic rings. The third-order valence-electron chi connectivity index (χ3n) is 5.53. The molecule has 0 saturated heterocycles. The highest BCUT2D eigenvalue weighted by molar-refractivity contribution is 5.97. The number of carbonyl (C=O) groups excluding carboxylic acids is 2. The molecule has 1 aliphatic rings. The molecule has 1 fully saturated rings. The molecule has 1 N–H and O–H groups in total. The molecule has 1 atom stereocenters. The zero-order valence-electron chi connectivity index (χ0n) is 18.1. The van der Waals surface area contributed by atoms with Crippen LogP contribution in [-0.2, 0) is 16.1 Å². The largest absolute Gasteiger partial charge is 0.449 e. The van der Waals surface area contributed by atoms with Crippen molar-refractivity contribution in [3.63, 3.8) is 0 Å². The third-order valence-corrected chi connectivity index (χ3v) is 5.53. The summed E-state index contributed by atoms with van der Waals surface area (Å²) in [5.41, 5.74) is 5.11. The van der Waals surface area contributed by atoms with Crippen molar-refractivity contribution in [3.05, 3.63) is 77.0 Å². The Labute approximate surface area is 182 Å². The number of nitrogens with one attached hydrogen (secondary N) is 1. The van der Waals surface area contributed by atoms with Gasteiger partial charge in [-0.15, -0.1) is 0 Å². The molecule has 1 heterocycles. The molecule has 1 aromatic heterocycles. The van der Waals surface area contributed by atoms with E-state index in [4.69, 9.17) is 9.84 Å². The Balaban J connectivity index is 1.62. The summed E-state index contributed by atoms with van der Waals surface area (Å²) in [6, 6.07) is 16.1. The van der Waals surface area contributed by atoms with Gasteiger partial charge in [0.25, 0.3) is 5.91 Å². The van der Waals surface area contributed by atoms with Crippen LogP contribution >= 0.6 is 0 Å². The van der Waals surface area contributed by atoms with E-state index in [0.29, 0.717) is 17.8 Å². The van der Waals surface area contributed by atoms with Crippen LogP contribution in [0.5, 0.6) is 0 Å². The molecule has 1 aliphatic carbocycles. The van der Waals surface area contributed by atoms with Crippen LogP contribution in [0.2, 0.25) is 0 Å². The predicted molar refractivity (Wildman–Crippen MR) is 119 cm³/mol. The fourth-order valence-corrected chi connectivity index (χ4v) is 3.35. The Morgan fingerprint density at radius 2 is 1.87 bits per heavy atom. The summed E-state index contributed by atoms with van der Waals surface area (Å²) in [7, 11) is 0. The fourth-order valence-electron chi connectivity index (χ4n) is 3.35. The highest BCUT2D eigenvalue weighted by Crippen LogP contribution is 2.26. The van der Waals surface area contributed by atoms with Crippen LogP contribution in [0.3, 0.4) is 0 Å². The minimum atomic E-state index is -0.863. The molecule has 2 aromatic carbocycles. The average Bonchev–Trinajstić information content (AvgIpc) is 3.47. The highest BCUT2D eigenvalue weighted by atomic mass is 16.5. The van der Waals surface area contributed by atoms with Gasteiger partial charge in [0.15, 0.2) is 6.10 Å². The molecule has 160 valence electrons. The summed E-state index contributed by atoms with van der Waals surface area (Å²) >= 11 is 0. The quantitative estimate of drug-likeness (QED) is 0.589. The number of hydrogen-bond acceptors (Lipinski definition) is 4. The second kappa shape index (κ2) is 8.76. The Bertz CT molecular complexity index is 1100. The van der Waals surface area contributed by atoms with Gasteiger partial charge in [0.2, 0.25) is 0 Å². The number of rotatable bonds is 7. The number of nitrogens with zero attached hydrogens (tertiary/aromatic N) is 2. The molecular weight excluding hydrogens is 390 g/mol. The van der Waals surface area contributed by atoms with E-state index in [-0.39, 0.29) is 11.9 Å². The van der Waals surface area contributed by atoms with Gasteiger partial charge in [0.05, 0.1) is 6.54 Å². The fraction of sp³-hybridized carbons (Fsp3) is 0.320. The number of aryl methyl sites for hydroxylation is 2. The van der Waals surface area contributed by atoms with Crippen molar-refractivity contribution in [1.29, 1.82) is 0 Å². The lowest BCUT2D eigenvalue weighted by Crippen LogP contribution is -2.37. The number of carbonyl (C=O) groups is 2. The van der Waals surface area contributed by atoms with E-state index in [1.165, 1.54) is 5.56 Å². The normalized spacial score (nSPS) is 14.2. The Hall–Kier alpha value is -3.41. The van der Waals surface area contributed by atoms with Crippen molar-refractivity contribution in [2.24, 2.45) is 0 Å². The number of benzene rings is 2. The van der Waals surface area contributed by atoms with Crippen LogP contribution in [0, 0.1) is 13.8 Å². The number of esters is 1. The lowest BCUT2D eigenvalue weighted by molar-refractivity contribution is -0.129. The van der Waals surface area contributed by atoms with Crippen LogP contribution in [0.1, 0.15) is 46.8 Å². The van der Waals surface area contributed by atoms with E-state index in [2.05, 4.69) is 5.32 Å². The zero-order valence-corrected chi connectivity index (χ0v) is 18.1. The second-order valence-electron chi connectivity index (χ2n) is 8.20. The minimum Gasteiger partial charge on any atom is -0.449 e. The molecule has 1 saturated carbocycles. The summed E-state index contributed by atoms with van der Waals surface area (Å²) in [6.07, 6.45) is 2.80. The lowest BCUT2D eigenvalue weighted by atomic mass is 10.0. The minimum absolute atomic E-state index is 0.216. The molecule has 0 spiro atoms. The third kappa shape index (κ3) is 5.02. The van der Waals surface area contributed by atoms with Gasteiger partial charge >= 0.3 is 5.97 Å². The van der Waals surface area contributed by atoms with Crippen LogP contribution < -0.4 is 5.32 Å². The predicted octanol–water partition coefficient (Wildman–Crippen LogP) is 4.04. The van der Waals surface area contributed by atoms with Crippen molar-refractivity contribution in [3.8, 4) is 11.3 Å². The number of hydrogen-bond donors (Lipinski definition) is 1. The van der Waals surface area contributed by atoms with E-state index in [1.807, 2.05) is 62.4 Å². The van der Waals surface area contributed by atoms with E-state index in [9.17, 15) is 9.59 Å². The van der Waals surface area contributed by atoms with Gasteiger partial charge in [-0.05, 0) is 56.4 Å². The van der Waals surface area contributed by atoms with E-state index >= 15 is 0 Å². The molecule has 0 bridgehead atoms. The van der Waals surface area contributed by atoms with Crippen LogP contribution in [-0.4, -0.2) is 33.8 Å². The smallest absolute Gasteiger partial charge is 0.342 e. The summed E-state index contributed by atoms with van der Waals surface area (Å²) in [4.78, 5) is 25.3. The number of amides is 1. The number of ether oxygens (including phenoxy) is 1. The maximum Gasteiger partial charge on any atom is 0.342 e. The average molecular weight is 418 g/mol. The first-order chi connectivity index (χ1) is 14.9. The van der Waals surface area contributed by atoms with Gasteiger partial charge in [-0.1, -0.05) is 42.5 Å². The summed E-state index contributed by atoms with van der Waals surface area (Å²) < 4.78 is 7.24. The lowest BCUT2D eigenvalue weighted by Gasteiger charge is -2.13. The van der Waals surface area contributed by atoms with Gasteiger partial charge in [0, 0.05) is 17.8 Å². The first-order valence-corrected chi connectivity index (χ1v) is 10.6. The monoisotopic (exact) mass is 417 g/mol. The van der Waals surface area contributed by atoms with E-state index in [0.717, 1.165) is 29.5 Å². The Morgan fingerprint density at radius 3 is 2.55 bits per heavy atom. The highest BCUT2D eigenvalue weighted by Gasteiger charge is 2.28. The molecule has 6 nitrogen and oxygen atoms in total. The first-order valence-electron chi connectivity index (χ1n) is 10.6. The SMILES string of the molecule is Cc1ccc(-c2nn(Cc3ccccc3)cc2C(=O)O[C@H](C)C(=O)NC2CC2)cc1C. The van der Waals surface area contributed by atoms with E-state index < -0.39 is 12.1 Å². The molecule has 31 heavy (non-hydrogen) atoms. The molecule has 1 amide bonds. The van der Waals surface area contributed by atoms with Crippen LogP contribution in [0.25, 0.3) is 11.3 Å². The maximum atomic E-state index is 13.0. The van der Waals surface area contributed by atoms with Gasteiger partial charge in [-0.2, -0.15) is 5.10 Å². The van der Waals surface area contributed by atoms with Crippen LogP contribution in [0.4, 0.5) is 0 Å². The second-order valence-corrected chi connectivity index (χ2v) is 8.20. The van der Waals surface area contributed by atoms with Gasteiger partial charge in [-0.3, -0.25) is 9.48 Å². The van der Waals surface area contributed by atoms with Crippen molar-refractivity contribution >= 4 is 11.9 Å². The standard InChI is InChI=1S/C25H27N3O3/c1-16-9-10-20(13-17(16)2)23-22(15-28(27-23)14-19-7-5-4-6-8-19)25(30)31-18(3)24(29)26-21-11-12-21/h4-10,13,15,18,21H,11-12,14H2,1-3H3,(H,26,29)/t18-/m1/s1.